The van der Waals surface area contributed by atoms with E-state index in [-0.39, 0.29) is 5.91 Å². The first-order chi connectivity index (χ1) is 11.3. The molecule has 1 aliphatic rings. The first-order valence-electron chi connectivity index (χ1n) is 8.37. The van der Waals surface area contributed by atoms with Gasteiger partial charge < -0.3 is 10.2 Å². The summed E-state index contributed by atoms with van der Waals surface area (Å²) in [6.07, 6.45) is 8.08. The quantitative estimate of drug-likeness (QED) is 0.932. The van der Waals surface area contributed by atoms with Crippen molar-refractivity contribution in [3.05, 3.63) is 53.9 Å². The molecule has 23 heavy (non-hydrogen) atoms. The second-order valence-electron chi connectivity index (χ2n) is 5.94. The predicted octanol–water partition coefficient (Wildman–Crippen LogP) is 3.89. The van der Waals surface area contributed by atoms with E-state index in [4.69, 9.17) is 0 Å². The highest BCUT2D eigenvalue weighted by molar-refractivity contribution is 6.05. The van der Waals surface area contributed by atoms with Gasteiger partial charge in [-0.25, -0.2) is 0 Å². The maximum Gasteiger partial charge on any atom is 0.257 e. The van der Waals surface area contributed by atoms with Crippen LogP contribution >= 0.6 is 0 Å². The van der Waals surface area contributed by atoms with Gasteiger partial charge in [0.05, 0.1) is 17.4 Å². The number of carbonyl (C=O) groups excluding carboxylic acids is 1. The smallest absolute Gasteiger partial charge is 0.257 e. The molecule has 0 atom stereocenters. The number of pyridine rings is 1. The lowest BCUT2D eigenvalue weighted by Gasteiger charge is -2.28. The van der Waals surface area contributed by atoms with Crippen molar-refractivity contribution in [3.63, 3.8) is 0 Å². The number of anilines is 2. The summed E-state index contributed by atoms with van der Waals surface area (Å²) in [5, 5.41) is 3.01. The van der Waals surface area contributed by atoms with E-state index in [0.717, 1.165) is 36.4 Å². The molecule has 1 saturated heterocycles. The van der Waals surface area contributed by atoms with E-state index in [0.29, 0.717) is 5.56 Å². The molecular formula is C19H23N3O. The zero-order valence-corrected chi connectivity index (χ0v) is 13.6. The summed E-state index contributed by atoms with van der Waals surface area (Å²) in [7, 11) is 0. The molecule has 120 valence electrons. The molecule has 0 spiro atoms. The SMILES string of the molecule is CCc1ccccc1NC(=O)c1cncc(N2CCCCC2)c1. The van der Waals surface area contributed by atoms with Crippen molar-refractivity contribution in [2.24, 2.45) is 0 Å². The maximum absolute atomic E-state index is 12.5. The van der Waals surface area contributed by atoms with Crippen LogP contribution < -0.4 is 10.2 Å². The minimum Gasteiger partial charge on any atom is -0.370 e. The van der Waals surface area contributed by atoms with Gasteiger partial charge in [0, 0.05) is 25.0 Å². The van der Waals surface area contributed by atoms with Crippen molar-refractivity contribution < 1.29 is 4.79 Å². The van der Waals surface area contributed by atoms with Gasteiger partial charge in [-0.3, -0.25) is 9.78 Å². The summed E-state index contributed by atoms with van der Waals surface area (Å²) < 4.78 is 0. The Hall–Kier alpha value is -2.36. The van der Waals surface area contributed by atoms with E-state index in [2.05, 4.69) is 22.1 Å². The van der Waals surface area contributed by atoms with Gasteiger partial charge in [-0.05, 0) is 43.4 Å². The molecule has 1 aliphatic heterocycles. The van der Waals surface area contributed by atoms with Crippen molar-refractivity contribution >= 4 is 17.3 Å². The number of nitrogens with one attached hydrogen (secondary N) is 1. The largest absolute Gasteiger partial charge is 0.370 e. The third-order valence-electron chi connectivity index (χ3n) is 4.35. The zero-order chi connectivity index (χ0) is 16.1. The number of para-hydroxylation sites is 1. The normalized spacial score (nSPS) is 14.6. The standard InChI is InChI=1S/C19H23N3O/c1-2-15-8-4-5-9-18(15)21-19(23)16-12-17(14-20-13-16)22-10-6-3-7-11-22/h4-5,8-9,12-14H,2-3,6-7,10-11H2,1H3,(H,21,23). The number of benzene rings is 1. The maximum atomic E-state index is 12.5. The van der Waals surface area contributed by atoms with Crippen LogP contribution in [0.4, 0.5) is 11.4 Å². The molecule has 0 radical (unpaired) electrons. The fraction of sp³-hybridized carbons (Fsp3) is 0.368. The third-order valence-corrected chi connectivity index (χ3v) is 4.35. The van der Waals surface area contributed by atoms with Gasteiger partial charge in [-0.1, -0.05) is 25.1 Å². The molecule has 0 bridgehead atoms. The summed E-state index contributed by atoms with van der Waals surface area (Å²) in [4.78, 5) is 19.1. The second kappa shape index (κ2) is 7.27. The van der Waals surface area contributed by atoms with Crippen LogP contribution in [0, 0.1) is 0 Å². The Morgan fingerprint density at radius 2 is 1.96 bits per heavy atom. The molecule has 4 heteroatoms. The van der Waals surface area contributed by atoms with Crippen LogP contribution in [0.5, 0.6) is 0 Å². The number of aromatic nitrogens is 1. The molecular weight excluding hydrogens is 286 g/mol. The molecule has 2 heterocycles. The van der Waals surface area contributed by atoms with Crippen LogP contribution in [0.2, 0.25) is 0 Å². The Bertz CT molecular complexity index is 678. The highest BCUT2D eigenvalue weighted by atomic mass is 16.1. The van der Waals surface area contributed by atoms with Gasteiger partial charge in [0.1, 0.15) is 0 Å². The molecule has 3 rings (SSSR count). The first-order valence-corrected chi connectivity index (χ1v) is 8.37. The highest BCUT2D eigenvalue weighted by Crippen LogP contribution is 2.21. The van der Waals surface area contributed by atoms with Gasteiger partial charge in [-0.15, -0.1) is 0 Å². The van der Waals surface area contributed by atoms with E-state index in [9.17, 15) is 4.79 Å². The number of amides is 1. The number of aryl methyl sites for hydroxylation is 1. The third kappa shape index (κ3) is 3.70. The fourth-order valence-electron chi connectivity index (χ4n) is 3.02. The topological polar surface area (TPSA) is 45.2 Å². The average Bonchev–Trinajstić information content (AvgIpc) is 2.63. The average molecular weight is 309 g/mol. The predicted molar refractivity (Wildman–Crippen MR) is 94.1 cm³/mol. The van der Waals surface area contributed by atoms with Crippen LogP contribution in [-0.4, -0.2) is 24.0 Å². The number of rotatable bonds is 4. The molecule has 2 aromatic rings. The van der Waals surface area contributed by atoms with Crippen LogP contribution in [0.25, 0.3) is 0 Å². The van der Waals surface area contributed by atoms with Gasteiger partial charge in [0.25, 0.3) is 5.91 Å². The van der Waals surface area contributed by atoms with Crippen molar-refractivity contribution in [2.45, 2.75) is 32.6 Å². The lowest BCUT2D eigenvalue weighted by atomic mass is 10.1. The molecule has 1 amide bonds. The molecule has 1 fully saturated rings. The van der Waals surface area contributed by atoms with E-state index in [1.807, 2.05) is 36.5 Å². The Labute approximate surface area is 137 Å². The Morgan fingerprint density at radius 1 is 1.17 bits per heavy atom. The van der Waals surface area contributed by atoms with Gasteiger partial charge in [0.2, 0.25) is 0 Å². The number of carbonyl (C=O) groups is 1. The monoisotopic (exact) mass is 309 g/mol. The molecule has 1 aromatic carbocycles. The van der Waals surface area contributed by atoms with Gasteiger partial charge >= 0.3 is 0 Å². The molecule has 0 unspecified atom stereocenters. The number of hydrogen-bond donors (Lipinski definition) is 1. The van der Waals surface area contributed by atoms with Crippen molar-refractivity contribution in [1.82, 2.24) is 4.98 Å². The van der Waals surface area contributed by atoms with Gasteiger partial charge in [0.15, 0.2) is 0 Å². The van der Waals surface area contributed by atoms with E-state index < -0.39 is 0 Å². The van der Waals surface area contributed by atoms with Crippen molar-refractivity contribution in [1.29, 1.82) is 0 Å². The van der Waals surface area contributed by atoms with E-state index in [1.54, 1.807) is 6.20 Å². The van der Waals surface area contributed by atoms with E-state index in [1.165, 1.54) is 19.3 Å². The Morgan fingerprint density at radius 3 is 2.74 bits per heavy atom. The Kier molecular flexibility index (Phi) is 4.91. The first kappa shape index (κ1) is 15.5. The van der Waals surface area contributed by atoms with E-state index >= 15 is 0 Å². The van der Waals surface area contributed by atoms with Gasteiger partial charge in [-0.2, -0.15) is 0 Å². The van der Waals surface area contributed by atoms with Crippen LogP contribution in [-0.2, 0) is 6.42 Å². The lowest BCUT2D eigenvalue weighted by molar-refractivity contribution is 0.102. The number of hydrogen-bond acceptors (Lipinski definition) is 3. The van der Waals surface area contributed by atoms with Crippen LogP contribution in [0.1, 0.15) is 42.1 Å². The summed E-state index contributed by atoms with van der Waals surface area (Å²) in [6, 6.07) is 9.86. The Balaban J connectivity index is 1.77. The minimum atomic E-state index is -0.0998. The number of nitrogens with zero attached hydrogens (tertiary/aromatic N) is 2. The number of piperidine rings is 1. The highest BCUT2D eigenvalue weighted by Gasteiger charge is 2.14. The summed E-state index contributed by atoms with van der Waals surface area (Å²) in [5.74, 6) is -0.0998. The van der Waals surface area contributed by atoms with Crippen molar-refractivity contribution in [3.8, 4) is 0 Å². The molecule has 4 nitrogen and oxygen atoms in total. The second-order valence-corrected chi connectivity index (χ2v) is 5.94. The zero-order valence-electron chi connectivity index (χ0n) is 13.6. The fourth-order valence-corrected chi connectivity index (χ4v) is 3.02. The molecule has 1 aromatic heterocycles. The van der Waals surface area contributed by atoms with Crippen LogP contribution in [0.3, 0.4) is 0 Å². The minimum absolute atomic E-state index is 0.0998. The summed E-state index contributed by atoms with van der Waals surface area (Å²) >= 11 is 0. The van der Waals surface area contributed by atoms with Crippen molar-refractivity contribution in [2.75, 3.05) is 23.3 Å². The molecule has 0 saturated carbocycles. The molecule has 1 N–H and O–H groups in total. The lowest BCUT2D eigenvalue weighted by Crippen LogP contribution is -2.29. The summed E-state index contributed by atoms with van der Waals surface area (Å²) in [6.45, 7) is 4.18. The summed E-state index contributed by atoms with van der Waals surface area (Å²) in [5.41, 5.74) is 3.67. The molecule has 0 aliphatic carbocycles. The van der Waals surface area contributed by atoms with Crippen LogP contribution in [0.15, 0.2) is 42.7 Å².